The van der Waals surface area contributed by atoms with Gasteiger partial charge in [0, 0.05) is 38.5 Å². The Hall–Kier alpha value is -1.06. The molecular formula is C15H22N2O. The lowest BCUT2D eigenvalue weighted by atomic mass is 10.1. The number of methoxy groups -OCH3 is 1. The van der Waals surface area contributed by atoms with E-state index in [0.717, 1.165) is 32.3 Å². The first-order valence-corrected chi connectivity index (χ1v) is 6.95. The second-order valence-corrected chi connectivity index (χ2v) is 5.36. The van der Waals surface area contributed by atoms with Crippen LogP contribution < -0.4 is 5.32 Å². The van der Waals surface area contributed by atoms with Gasteiger partial charge in [-0.3, -0.25) is 4.90 Å². The average Bonchev–Trinajstić information content (AvgIpc) is 3.12. The molecule has 18 heavy (non-hydrogen) atoms. The van der Waals surface area contributed by atoms with Crippen molar-refractivity contribution in [2.45, 2.75) is 31.8 Å². The molecule has 1 N–H and O–H groups in total. The summed E-state index contributed by atoms with van der Waals surface area (Å²) in [5.74, 6) is 0. The zero-order valence-corrected chi connectivity index (χ0v) is 11.1. The van der Waals surface area contributed by atoms with Crippen molar-refractivity contribution in [3.8, 4) is 0 Å². The van der Waals surface area contributed by atoms with Gasteiger partial charge in [-0.1, -0.05) is 12.1 Å². The number of hydrogen-bond acceptors (Lipinski definition) is 3. The predicted molar refractivity (Wildman–Crippen MR) is 73.9 cm³/mol. The zero-order chi connectivity index (χ0) is 12.4. The molecule has 0 bridgehead atoms. The van der Waals surface area contributed by atoms with Gasteiger partial charge in [0.25, 0.3) is 0 Å². The highest BCUT2D eigenvalue weighted by molar-refractivity contribution is 5.56. The average molecular weight is 246 g/mol. The van der Waals surface area contributed by atoms with Gasteiger partial charge in [-0.05, 0) is 36.5 Å². The van der Waals surface area contributed by atoms with E-state index >= 15 is 0 Å². The maximum atomic E-state index is 5.21. The van der Waals surface area contributed by atoms with Crippen molar-refractivity contribution < 1.29 is 4.74 Å². The first-order chi connectivity index (χ1) is 8.86. The Morgan fingerprint density at radius 1 is 1.39 bits per heavy atom. The fraction of sp³-hybridized carbons (Fsp3) is 0.600. The van der Waals surface area contributed by atoms with Gasteiger partial charge in [-0.15, -0.1) is 0 Å². The van der Waals surface area contributed by atoms with Crippen LogP contribution in [0.15, 0.2) is 18.2 Å². The van der Waals surface area contributed by atoms with Crippen LogP contribution in [0.1, 0.15) is 24.0 Å². The molecule has 0 spiro atoms. The van der Waals surface area contributed by atoms with Crippen LogP contribution >= 0.6 is 0 Å². The van der Waals surface area contributed by atoms with E-state index in [1.807, 2.05) is 0 Å². The van der Waals surface area contributed by atoms with E-state index < -0.39 is 0 Å². The second kappa shape index (κ2) is 5.29. The quantitative estimate of drug-likeness (QED) is 0.833. The maximum Gasteiger partial charge on any atom is 0.0589 e. The van der Waals surface area contributed by atoms with Crippen molar-refractivity contribution >= 4 is 5.69 Å². The molecule has 98 valence electrons. The molecule has 0 radical (unpaired) electrons. The van der Waals surface area contributed by atoms with Crippen LogP contribution in [0, 0.1) is 0 Å². The highest BCUT2D eigenvalue weighted by Gasteiger charge is 2.28. The molecular weight excluding hydrogens is 224 g/mol. The van der Waals surface area contributed by atoms with Crippen molar-refractivity contribution in [1.82, 2.24) is 4.90 Å². The predicted octanol–water partition coefficient (Wildman–Crippen LogP) is 2.27. The minimum absolute atomic E-state index is 0.798. The normalized spacial score (nSPS) is 17.9. The zero-order valence-electron chi connectivity index (χ0n) is 11.1. The van der Waals surface area contributed by atoms with Crippen LogP contribution in [0.2, 0.25) is 0 Å². The molecule has 3 rings (SSSR count). The molecule has 3 nitrogen and oxygen atoms in total. The fourth-order valence-electron chi connectivity index (χ4n) is 2.73. The Morgan fingerprint density at radius 2 is 2.28 bits per heavy atom. The molecule has 1 fully saturated rings. The minimum Gasteiger partial charge on any atom is -0.384 e. The summed E-state index contributed by atoms with van der Waals surface area (Å²) in [6.45, 7) is 4.05. The summed E-state index contributed by atoms with van der Waals surface area (Å²) in [5.41, 5.74) is 4.25. The van der Waals surface area contributed by atoms with Crippen molar-refractivity contribution in [3.05, 3.63) is 29.3 Å². The number of nitrogens with zero attached hydrogens (tertiary/aromatic N) is 1. The smallest absolute Gasteiger partial charge is 0.0589 e. The minimum atomic E-state index is 0.798. The summed E-state index contributed by atoms with van der Waals surface area (Å²) in [6.07, 6.45) is 3.89. The van der Waals surface area contributed by atoms with E-state index in [0.29, 0.717) is 0 Å². The van der Waals surface area contributed by atoms with Crippen LogP contribution in [-0.2, 0) is 17.7 Å². The third-order valence-electron chi connectivity index (χ3n) is 3.91. The molecule has 1 aliphatic heterocycles. The van der Waals surface area contributed by atoms with E-state index in [4.69, 9.17) is 4.74 Å². The summed E-state index contributed by atoms with van der Waals surface area (Å²) in [7, 11) is 1.78. The van der Waals surface area contributed by atoms with E-state index in [-0.39, 0.29) is 0 Å². The number of nitrogens with one attached hydrogen (secondary N) is 1. The highest BCUT2D eigenvalue weighted by Crippen LogP contribution is 2.29. The highest BCUT2D eigenvalue weighted by atomic mass is 16.5. The van der Waals surface area contributed by atoms with Gasteiger partial charge >= 0.3 is 0 Å². The van der Waals surface area contributed by atoms with Gasteiger partial charge in [0.2, 0.25) is 0 Å². The molecule has 0 amide bonds. The molecule has 1 heterocycles. The largest absolute Gasteiger partial charge is 0.384 e. The number of ether oxygens (including phenoxy) is 1. The molecule has 0 atom stereocenters. The Morgan fingerprint density at radius 3 is 3.06 bits per heavy atom. The van der Waals surface area contributed by atoms with Crippen molar-refractivity contribution in [2.24, 2.45) is 0 Å². The monoisotopic (exact) mass is 246 g/mol. The molecule has 3 heteroatoms. The molecule has 1 aliphatic carbocycles. The molecule has 0 unspecified atom stereocenters. The second-order valence-electron chi connectivity index (χ2n) is 5.36. The molecule has 0 saturated heterocycles. The fourth-order valence-corrected chi connectivity index (χ4v) is 2.73. The summed E-state index contributed by atoms with van der Waals surface area (Å²) in [5, 5.41) is 3.42. The summed E-state index contributed by atoms with van der Waals surface area (Å²) in [6, 6.07) is 7.67. The number of hydrogen-bond donors (Lipinski definition) is 1. The van der Waals surface area contributed by atoms with Crippen LogP contribution in [-0.4, -0.2) is 37.7 Å². The van der Waals surface area contributed by atoms with Gasteiger partial charge in [-0.25, -0.2) is 0 Å². The van der Waals surface area contributed by atoms with E-state index in [1.54, 1.807) is 7.11 Å². The third-order valence-corrected chi connectivity index (χ3v) is 3.91. The maximum absolute atomic E-state index is 5.21. The Labute approximate surface area is 109 Å². The molecule has 1 aromatic rings. The van der Waals surface area contributed by atoms with Crippen LogP contribution in [0.5, 0.6) is 0 Å². The molecule has 1 saturated carbocycles. The van der Waals surface area contributed by atoms with Gasteiger partial charge in [0.15, 0.2) is 0 Å². The molecule has 0 aromatic heterocycles. The summed E-state index contributed by atoms with van der Waals surface area (Å²) in [4.78, 5) is 2.56. The number of anilines is 1. The van der Waals surface area contributed by atoms with E-state index in [2.05, 4.69) is 28.4 Å². The van der Waals surface area contributed by atoms with Crippen LogP contribution in [0.3, 0.4) is 0 Å². The van der Waals surface area contributed by atoms with E-state index in [9.17, 15) is 0 Å². The number of fused-ring (bicyclic) bond motifs is 1. The topological polar surface area (TPSA) is 24.5 Å². The molecule has 2 aliphatic rings. The van der Waals surface area contributed by atoms with Crippen molar-refractivity contribution in [3.63, 3.8) is 0 Å². The Kier molecular flexibility index (Phi) is 3.52. The van der Waals surface area contributed by atoms with Crippen LogP contribution in [0.4, 0.5) is 5.69 Å². The Bertz CT molecular complexity index is 415. The van der Waals surface area contributed by atoms with Crippen LogP contribution in [0.25, 0.3) is 0 Å². The number of benzene rings is 1. The first kappa shape index (κ1) is 12.0. The van der Waals surface area contributed by atoms with Gasteiger partial charge in [0.1, 0.15) is 0 Å². The lowest BCUT2D eigenvalue weighted by molar-refractivity contribution is 0.139. The van der Waals surface area contributed by atoms with Crippen molar-refractivity contribution in [2.75, 3.05) is 32.1 Å². The van der Waals surface area contributed by atoms with E-state index in [1.165, 1.54) is 36.1 Å². The lowest BCUT2D eigenvalue weighted by Crippen LogP contribution is -2.29. The summed E-state index contributed by atoms with van der Waals surface area (Å²) < 4.78 is 5.21. The van der Waals surface area contributed by atoms with Gasteiger partial charge in [0.05, 0.1) is 6.61 Å². The van der Waals surface area contributed by atoms with Gasteiger partial charge in [-0.2, -0.15) is 0 Å². The first-order valence-electron chi connectivity index (χ1n) is 6.95. The third kappa shape index (κ3) is 2.68. The Balaban J connectivity index is 1.66. The van der Waals surface area contributed by atoms with Crippen molar-refractivity contribution in [1.29, 1.82) is 0 Å². The SMILES string of the molecule is COCCN(Cc1ccc2c(c1)CCN2)C1CC1. The summed E-state index contributed by atoms with van der Waals surface area (Å²) >= 11 is 0. The standard InChI is InChI=1S/C15H22N2O/c1-18-9-8-17(14-3-4-14)11-12-2-5-15-13(10-12)6-7-16-15/h2,5,10,14,16H,3-4,6-9,11H2,1H3. The molecule has 1 aromatic carbocycles. The lowest BCUT2D eigenvalue weighted by Gasteiger charge is -2.22. The number of rotatable bonds is 6. The van der Waals surface area contributed by atoms with Gasteiger partial charge < -0.3 is 10.1 Å².